The monoisotopic (exact) mass is 455 g/mol. The first-order valence-corrected chi connectivity index (χ1v) is 9.33. The molecule has 11 heteroatoms. The third-order valence-electron chi connectivity index (χ3n) is 4.52. The number of nitrogens with one attached hydrogen (secondary N) is 1. The minimum Gasteiger partial charge on any atom is -0.457 e. The lowest BCUT2D eigenvalue weighted by molar-refractivity contribution is -0.384. The zero-order valence-corrected chi connectivity index (χ0v) is 16.6. The maximum absolute atomic E-state index is 13.4. The lowest BCUT2D eigenvalue weighted by Crippen LogP contribution is -2.54. The van der Waals surface area contributed by atoms with Crippen LogP contribution in [0, 0.1) is 15.9 Å². The standard InChI is InChI=1S/C21H11ClFN3O6/c22-16-8-11(4-6-17(16)23)18-7-5-14(32-18)10-15-19(27)24-21(29)25(20(15)28)12-2-1-3-13(9-12)26(30)31/h1-10H,(H,24,27,29)/b15-10-. The minimum absolute atomic E-state index is 0.0822. The van der Waals surface area contributed by atoms with Crippen molar-refractivity contribution in [2.24, 2.45) is 0 Å². The van der Waals surface area contributed by atoms with Crippen LogP contribution in [-0.2, 0) is 9.59 Å². The molecule has 2 heterocycles. The number of rotatable bonds is 4. The number of nitro benzene ring substituents is 1. The van der Waals surface area contributed by atoms with Crippen molar-refractivity contribution in [1.82, 2.24) is 5.32 Å². The van der Waals surface area contributed by atoms with Gasteiger partial charge < -0.3 is 4.42 Å². The van der Waals surface area contributed by atoms with Gasteiger partial charge in [0.15, 0.2) is 0 Å². The van der Waals surface area contributed by atoms with Crippen molar-refractivity contribution >= 4 is 46.9 Å². The number of halogens is 2. The predicted octanol–water partition coefficient (Wildman–Crippen LogP) is 4.31. The number of imide groups is 2. The van der Waals surface area contributed by atoms with Crippen molar-refractivity contribution in [3.05, 3.63) is 86.9 Å². The van der Waals surface area contributed by atoms with Crippen molar-refractivity contribution in [2.75, 3.05) is 4.90 Å². The molecule has 0 radical (unpaired) electrons. The Kier molecular flexibility index (Phi) is 5.29. The molecule has 0 unspecified atom stereocenters. The number of barbiturate groups is 1. The van der Waals surface area contributed by atoms with Crippen LogP contribution in [0.5, 0.6) is 0 Å². The smallest absolute Gasteiger partial charge is 0.335 e. The Bertz CT molecular complexity index is 1330. The molecule has 0 bridgehead atoms. The molecule has 0 saturated carbocycles. The van der Waals surface area contributed by atoms with E-state index < -0.39 is 34.2 Å². The van der Waals surface area contributed by atoms with Crippen LogP contribution in [0.25, 0.3) is 17.4 Å². The molecule has 1 saturated heterocycles. The lowest BCUT2D eigenvalue weighted by atomic mass is 10.1. The molecule has 3 aromatic rings. The van der Waals surface area contributed by atoms with Crippen LogP contribution < -0.4 is 10.2 Å². The molecule has 1 aromatic heterocycles. The molecule has 32 heavy (non-hydrogen) atoms. The van der Waals surface area contributed by atoms with Crippen molar-refractivity contribution in [2.45, 2.75) is 0 Å². The Morgan fingerprint density at radius 3 is 2.59 bits per heavy atom. The topological polar surface area (TPSA) is 123 Å². The Morgan fingerprint density at radius 2 is 1.88 bits per heavy atom. The number of urea groups is 1. The molecular formula is C21H11ClFN3O6. The second-order valence-electron chi connectivity index (χ2n) is 6.57. The Hall–Kier alpha value is -4.31. The summed E-state index contributed by atoms with van der Waals surface area (Å²) in [7, 11) is 0. The van der Waals surface area contributed by atoms with Crippen LogP contribution in [0.3, 0.4) is 0 Å². The number of nitro groups is 1. The van der Waals surface area contributed by atoms with Crippen LogP contribution in [0.15, 0.2) is 64.6 Å². The summed E-state index contributed by atoms with van der Waals surface area (Å²) in [5, 5.41) is 12.9. The molecule has 2 aromatic carbocycles. The number of nitrogens with zero attached hydrogens (tertiary/aromatic N) is 2. The van der Waals surface area contributed by atoms with Crippen LogP contribution >= 0.6 is 11.6 Å². The van der Waals surface area contributed by atoms with Gasteiger partial charge in [0.2, 0.25) is 0 Å². The second-order valence-corrected chi connectivity index (χ2v) is 6.97. The fourth-order valence-corrected chi connectivity index (χ4v) is 3.20. The van der Waals surface area contributed by atoms with Crippen molar-refractivity contribution in [3.8, 4) is 11.3 Å². The summed E-state index contributed by atoms with van der Waals surface area (Å²) < 4.78 is 19.0. The molecule has 1 aliphatic rings. The average molecular weight is 456 g/mol. The number of non-ortho nitro benzene ring substituents is 1. The van der Waals surface area contributed by atoms with E-state index >= 15 is 0 Å². The molecule has 0 aliphatic carbocycles. The average Bonchev–Trinajstić information content (AvgIpc) is 3.22. The molecule has 0 atom stereocenters. The highest BCUT2D eigenvalue weighted by Gasteiger charge is 2.37. The number of carbonyl (C=O) groups is 3. The predicted molar refractivity (Wildman–Crippen MR) is 111 cm³/mol. The highest BCUT2D eigenvalue weighted by atomic mass is 35.5. The number of carbonyl (C=O) groups excluding carboxylic acids is 3. The summed E-state index contributed by atoms with van der Waals surface area (Å²) in [4.78, 5) is 48.4. The number of hydrogen-bond donors (Lipinski definition) is 1. The van der Waals surface area contributed by atoms with Gasteiger partial charge in [-0.05, 0) is 42.5 Å². The highest BCUT2D eigenvalue weighted by molar-refractivity contribution is 6.39. The van der Waals surface area contributed by atoms with E-state index in [1.54, 1.807) is 0 Å². The van der Waals surface area contributed by atoms with E-state index in [1.165, 1.54) is 48.5 Å². The molecule has 0 spiro atoms. The van der Waals surface area contributed by atoms with Gasteiger partial charge in [-0.2, -0.15) is 0 Å². The first-order valence-electron chi connectivity index (χ1n) is 8.96. The van der Waals surface area contributed by atoms with E-state index in [9.17, 15) is 28.9 Å². The molecule has 1 fully saturated rings. The first kappa shape index (κ1) is 20.9. The SMILES string of the molecule is O=C1NC(=O)N(c2cccc([N+](=O)[O-])c2)C(=O)/C1=C\c1ccc(-c2ccc(F)c(Cl)c2)o1. The number of furan rings is 1. The van der Waals surface area contributed by atoms with Gasteiger partial charge in [-0.15, -0.1) is 0 Å². The van der Waals surface area contributed by atoms with Crippen LogP contribution in [0.4, 0.5) is 20.6 Å². The molecule has 4 amide bonds. The Labute approximate surface area is 183 Å². The first-order chi connectivity index (χ1) is 15.2. The van der Waals surface area contributed by atoms with Crippen molar-refractivity contribution in [3.63, 3.8) is 0 Å². The van der Waals surface area contributed by atoms with Gasteiger partial charge in [-0.25, -0.2) is 14.1 Å². The molecule has 1 aliphatic heterocycles. The van der Waals surface area contributed by atoms with E-state index in [4.69, 9.17) is 16.0 Å². The number of amides is 4. The fourth-order valence-electron chi connectivity index (χ4n) is 3.01. The molecule has 4 rings (SSSR count). The summed E-state index contributed by atoms with van der Waals surface area (Å²) in [6.07, 6.45) is 1.13. The number of hydrogen-bond acceptors (Lipinski definition) is 6. The molecule has 9 nitrogen and oxygen atoms in total. The third-order valence-corrected chi connectivity index (χ3v) is 4.81. The van der Waals surface area contributed by atoms with E-state index in [2.05, 4.69) is 0 Å². The zero-order valence-electron chi connectivity index (χ0n) is 15.9. The quantitative estimate of drug-likeness (QED) is 0.270. The van der Waals surface area contributed by atoms with Gasteiger partial charge in [0, 0.05) is 17.7 Å². The van der Waals surface area contributed by atoms with Crippen molar-refractivity contribution < 1.29 is 28.1 Å². The summed E-state index contributed by atoms with van der Waals surface area (Å²) >= 11 is 5.78. The van der Waals surface area contributed by atoms with Crippen molar-refractivity contribution in [1.29, 1.82) is 0 Å². The maximum Gasteiger partial charge on any atom is 0.335 e. The van der Waals surface area contributed by atoms with Gasteiger partial charge in [0.25, 0.3) is 17.5 Å². The van der Waals surface area contributed by atoms with E-state index in [0.717, 1.165) is 12.1 Å². The summed E-state index contributed by atoms with van der Waals surface area (Å²) in [5.74, 6) is -2.13. The molecule has 1 N–H and O–H groups in total. The zero-order chi connectivity index (χ0) is 23.0. The highest BCUT2D eigenvalue weighted by Crippen LogP contribution is 2.29. The fraction of sp³-hybridized carbons (Fsp3) is 0. The lowest BCUT2D eigenvalue weighted by Gasteiger charge is -2.26. The Morgan fingerprint density at radius 1 is 1.09 bits per heavy atom. The van der Waals surface area contributed by atoms with Crippen LogP contribution in [0.1, 0.15) is 5.76 Å². The van der Waals surface area contributed by atoms with E-state index in [-0.39, 0.29) is 22.2 Å². The molecular weight excluding hydrogens is 445 g/mol. The number of anilines is 1. The van der Waals surface area contributed by atoms with E-state index in [0.29, 0.717) is 16.2 Å². The summed E-state index contributed by atoms with van der Waals surface area (Å²) in [6, 6.07) is 10.8. The Balaban J connectivity index is 1.68. The van der Waals surface area contributed by atoms with Crippen LogP contribution in [0.2, 0.25) is 5.02 Å². The van der Waals surface area contributed by atoms with Gasteiger partial charge in [-0.3, -0.25) is 25.0 Å². The summed E-state index contributed by atoms with van der Waals surface area (Å²) in [6.45, 7) is 0. The third kappa shape index (κ3) is 3.86. The number of benzene rings is 2. The minimum atomic E-state index is -1.04. The second kappa shape index (κ2) is 8.08. The normalized spacial score (nSPS) is 15.2. The maximum atomic E-state index is 13.4. The molecule has 160 valence electrons. The van der Waals surface area contributed by atoms with Gasteiger partial charge in [0.1, 0.15) is 22.9 Å². The van der Waals surface area contributed by atoms with Gasteiger partial charge >= 0.3 is 6.03 Å². The summed E-state index contributed by atoms with van der Waals surface area (Å²) in [5.41, 5.74) is -0.372. The largest absolute Gasteiger partial charge is 0.457 e. The van der Waals surface area contributed by atoms with Crippen LogP contribution in [-0.4, -0.2) is 22.8 Å². The van der Waals surface area contributed by atoms with E-state index in [1.807, 2.05) is 5.32 Å². The van der Waals surface area contributed by atoms with Gasteiger partial charge in [0.05, 0.1) is 15.6 Å². The van der Waals surface area contributed by atoms with Gasteiger partial charge in [-0.1, -0.05) is 17.7 Å².